The SMILES string of the molecule is COc1ccc(/C=C/NC(=O)COC2=NN=C(c3ccccc3)C2c2ccccc2)cc1. The van der Waals surface area contributed by atoms with Gasteiger partial charge >= 0.3 is 0 Å². The molecule has 0 radical (unpaired) electrons. The molecule has 0 fully saturated rings. The fourth-order valence-corrected chi connectivity index (χ4v) is 3.35. The highest BCUT2D eigenvalue weighted by molar-refractivity contribution is 6.19. The van der Waals surface area contributed by atoms with Gasteiger partial charge < -0.3 is 14.8 Å². The standard InChI is InChI=1S/C26H23N3O3/c1-31-22-14-12-19(13-15-22)16-17-27-23(30)18-32-26-24(20-8-4-2-5-9-20)25(28-29-26)21-10-6-3-7-11-21/h2-17,24H,18H2,1H3,(H,27,30)/b17-16+. The minimum Gasteiger partial charge on any atom is -0.497 e. The van der Waals surface area contributed by atoms with Crippen LogP contribution in [-0.4, -0.2) is 31.2 Å². The molecule has 6 nitrogen and oxygen atoms in total. The minimum atomic E-state index is -0.280. The van der Waals surface area contributed by atoms with Crippen molar-refractivity contribution in [1.29, 1.82) is 0 Å². The van der Waals surface area contributed by atoms with E-state index in [1.807, 2.05) is 84.9 Å². The molecule has 4 rings (SSSR count). The molecule has 160 valence electrons. The Balaban J connectivity index is 1.38. The number of hydrogen-bond donors (Lipinski definition) is 1. The van der Waals surface area contributed by atoms with Gasteiger partial charge in [0.25, 0.3) is 5.91 Å². The van der Waals surface area contributed by atoms with Crippen molar-refractivity contribution >= 4 is 23.6 Å². The molecule has 1 unspecified atom stereocenters. The monoisotopic (exact) mass is 425 g/mol. The van der Waals surface area contributed by atoms with Crippen molar-refractivity contribution in [2.75, 3.05) is 13.7 Å². The number of rotatable bonds is 7. The molecule has 1 heterocycles. The first kappa shape index (κ1) is 21.1. The van der Waals surface area contributed by atoms with E-state index in [2.05, 4.69) is 15.5 Å². The van der Waals surface area contributed by atoms with Gasteiger partial charge in [-0.05, 0) is 34.9 Å². The summed E-state index contributed by atoms with van der Waals surface area (Å²) >= 11 is 0. The van der Waals surface area contributed by atoms with Crippen molar-refractivity contribution in [3.8, 4) is 5.75 Å². The summed E-state index contributed by atoms with van der Waals surface area (Å²) in [5, 5.41) is 11.3. The second-order valence-electron chi connectivity index (χ2n) is 7.10. The average Bonchev–Trinajstić information content (AvgIpc) is 3.28. The van der Waals surface area contributed by atoms with E-state index in [0.717, 1.165) is 28.2 Å². The van der Waals surface area contributed by atoms with Crippen LogP contribution >= 0.6 is 0 Å². The van der Waals surface area contributed by atoms with Crippen LogP contribution in [0.25, 0.3) is 6.08 Å². The van der Waals surface area contributed by atoms with E-state index in [1.165, 1.54) is 0 Å². The predicted molar refractivity (Wildman–Crippen MR) is 126 cm³/mol. The third-order valence-electron chi connectivity index (χ3n) is 4.97. The lowest BCUT2D eigenvalue weighted by molar-refractivity contribution is -0.122. The third kappa shape index (κ3) is 5.10. The van der Waals surface area contributed by atoms with Crippen molar-refractivity contribution in [2.24, 2.45) is 10.2 Å². The Hall–Kier alpha value is -4.19. The Morgan fingerprint density at radius 3 is 2.31 bits per heavy atom. The molecular weight excluding hydrogens is 402 g/mol. The third-order valence-corrected chi connectivity index (χ3v) is 4.97. The van der Waals surface area contributed by atoms with Crippen molar-refractivity contribution in [3.63, 3.8) is 0 Å². The molecule has 1 N–H and O–H groups in total. The first-order valence-corrected chi connectivity index (χ1v) is 10.2. The average molecular weight is 425 g/mol. The van der Waals surface area contributed by atoms with Gasteiger partial charge in [0, 0.05) is 6.20 Å². The maximum absolute atomic E-state index is 12.3. The Labute approximate surface area is 186 Å². The molecule has 0 saturated carbocycles. The molecule has 1 aliphatic heterocycles. The van der Waals surface area contributed by atoms with Crippen LogP contribution in [0.1, 0.15) is 22.6 Å². The topological polar surface area (TPSA) is 72.3 Å². The molecule has 0 aromatic heterocycles. The van der Waals surface area contributed by atoms with Gasteiger partial charge in [0.05, 0.1) is 12.8 Å². The normalized spacial score (nSPS) is 15.2. The highest BCUT2D eigenvalue weighted by Crippen LogP contribution is 2.28. The molecule has 6 heteroatoms. The second-order valence-corrected chi connectivity index (χ2v) is 7.10. The molecule has 3 aromatic rings. The number of methoxy groups -OCH3 is 1. The van der Waals surface area contributed by atoms with Crippen LogP contribution < -0.4 is 10.1 Å². The zero-order valence-corrected chi connectivity index (χ0v) is 17.6. The summed E-state index contributed by atoms with van der Waals surface area (Å²) in [7, 11) is 1.62. The Bertz CT molecular complexity index is 1140. The molecule has 3 aromatic carbocycles. The second kappa shape index (κ2) is 10.2. The lowest BCUT2D eigenvalue weighted by atomic mass is 9.90. The predicted octanol–water partition coefficient (Wildman–Crippen LogP) is 4.40. The maximum atomic E-state index is 12.3. The van der Waals surface area contributed by atoms with Crippen LogP contribution in [0.2, 0.25) is 0 Å². The summed E-state index contributed by atoms with van der Waals surface area (Å²) in [6, 6.07) is 27.3. The van der Waals surface area contributed by atoms with Crippen LogP contribution in [0, 0.1) is 0 Å². The number of hydrogen-bond acceptors (Lipinski definition) is 5. The molecule has 0 bridgehead atoms. The van der Waals surface area contributed by atoms with E-state index in [9.17, 15) is 4.79 Å². The minimum absolute atomic E-state index is 0.160. The van der Waals surface area contributed by atoms with E-state index in [0.29, 0.717) is 5.90 Å². The molecule has 1 amide bonds. The zero-order valence-electron chi connectivity index (χ0n) is 17.6. The first-order valence-electron chi connectivity index (χ1n) is 10.2. The zero-order chi connectivity index (χ0) is 22.2. The molecule has 1 aliphatic rings. The highest BCUT2D eigenvalue weighted by Gasteiger charge is 2.31. The quantitative estimate of drug-likeness (QED) is 0.610. The lowest BCUT2D eigenvalue weighted by Gasteiger charge is -2.16. The molecule has 0 aliphatic carbocycles. The van der Waals surface area contributed by atoms with E-state index in [1.54, 1.807) is 19.4 Å². The summed E-state index contributed by atoms with van der Waals surface area (Å²) < 4.78 is 10.9. The molecule has 0 saturated heterocycles. The van der Waals surface area contributed by atoms with Gasteiger partial charge in [-0.2, -0.15) is 5.10 Å². The van der Waals surface area contributed by atoms with Crippen molar-refractivity contribution in [2.45, 2.75) is 5.92 Å². The summed E-state index contributed by atoms with van der Waals surface area (Å²) in [6.45, 7) is -0.160. The number of amides is 1. The number of benzene rings is 3. The van der Waals surface area contributed by atoms with Gasteiger partial charge in [0.1, 0.15) is 11.7 Å². The lowest BCUT2D eigenvalue weighted by Crippen LogP contribution is -2.28. The van der Waals surface area contributed by atoms with E-state index in [4.69, 9.17) is 9.47 Å². The molecule has 0 spiro atoms. The van der Waals surface area contributed by atoms with Crippen LogP contribution in [0.3, 0.4) is 0 Å². The molecular formula is C26H23N3O3. The van der Waals surface area contributed by atoms with Crippen LogP contribution in [0.4, 0.5) is 0 Å². The van der Waals surface area contributed by atoms with Gasteiger partial charge in [-0.3, -0.25) is 4.79 Å². The largest absolute Gasteiger partial charge is 0.497 e. The fourth-order valence-electron chi connectivity index (χ4n) is 3.35. The summed E-state index contributed by atoms with van der Waals surface area (Å²) in [4.78, 5) is 12.3. The summed E-state index contributed by atoms with van der Waals surface area (Å²) in [5.74, 6) is 0.644. The van der Waals surface area contributed by atoms with Gasteiger partial charge in [0.15, 0.2) is 6.61 Å². The van der Waals surface area contributed by atoms with Gasteiger partial charge in [-0.15, -0.1) is 5.10 Å². The Kier molecular flexibility index (Phi) is 6.72. The Morgan fingerprint density at radius 2 is 1.62 bits per heavy atom. The van der Waals surface area contributed by atoms with Gasteiger partial charge in [-0.1, -0.05) is 72.8 Å². The number of nitrogens with zero attached hydrogens (tertiary/aromatic N) is 2. The van der Waals surface area contributed by atoms with E-state index in [-0.39, 0.29) is 18.4 Å². The smallest absolute Gasteiger partial charge is 0.261 e. The Morgan fingerprint density at radius 1 is 0.938 bits per heavy atom. The molecule has 32 heavy (non-hydrogen) atoms. The number of carbonyl (C=O) groups is 1. The van der Waals surface area contributed by atoms with E-state index < -0.39 is 0 Å². The van der Waals surface area contributed by atoms with Crippen LogP contribution in [0.5, 0.6) is 5.75 Å². The highest BCUT2D eigenvalue weighted by atomic mass is 16.5. The van der Waals surface area contributed by atoms with Gasteiger partial charge in [0.2, 0.25) is 5.90 Å². The van der Waals surface area contributed by atoms with Crippen LogP contribution in [0.15, 0.2) is 101 Å². The van der Waals surface area contributed by atoms with Crippen molar-refractivity contribution in [1.82, 2.24) is 5.32 Å². The van der Waals surface area contributed by atoms with Crippen LogP contribution in [-0.2, 0) is 9.53 Å². The number of nitrogens with one attached hydrogen (secondary N) is 1. The number of ether oxygens (including phenoxy) is 2. The fraction of sp³-hybridized carbons (Fsp3) is 0.115. The van der Waals surface area contributed by atoms with Gasteiger partial charge in [-0.25, -0.2) is 0 Å². The molecule has 1 atom stereocenters. The number of carbonyl (C=O) groups excluding carboxylic acids is 1. The summed E-state index contributed by atoms with van der Waals surface area (Å²) in [5.41, 5.74) is 3.71. The summed E-state index contributed by atoms with van der Waals surface area (Å²) in [6.07, 6.45) is 3.39. The van der Waals surface area contributed by atoms with Crippen molar-refractivity contribution in [3.05, 3.63) is 108 Å². The maximum Gasteiger partial charge on any atom is 0.261 e. The first-order chi connectivity index (χ1) is 15.7. The van der Waals surface area contributed by atoms with Crippen molar-refractivity contribution < 1.29 is 14.3 Å². The van der Waals surface area contributed by atoms with E-state index >= 15 is 0 Å².